The van der Waals surface area contributed by atoms with E-state index >= 15 is 0 Å². The highest BCUT2D eigenvalue weighted by Gasteiger charge is 2.33. The fourth-order valence-electron chi connectivity index (χ4n) is 5.14. The Morgan fingerprint density at radius 1 is 0.878 bits per heavy atom. The highest BCUT2D eigenvalue weighted by Crippen LogP contribution is 2.27. The lowest BCUT2D eigenvalue weighted by molar-refractivity contribution is -0.139. The van der Waals surface area contributed by atoms with E-state index < -0.39 is 28.5 Å². The minimum absolute atomic E-state index is 0.0952. The molecule has 3 aromatic carbocycles. The summed E-state index contributed by atoms with van der Waals surface area (Å²) in [5.74, 6) is -0.405. The van der Waals surface area contributed by atoms with Gasteiger partial charge in [0.15, 0.2) is 0 Å². The van der Waals surface area contributed by atoms with E-state index in [-0.39, 0.29) is 29.3 Å². The summed E-state index contributed by atoms with van der Waals surface area (Å²) in [6.07, 6.45) is 4.01. The van der Waals surface area contributed by atoms with Gasteiger partial charge in [-0.1, -0.05) is 86.8 Å². The van der Waals surface area contributed by atoms with Crippen molar-refractivity contribution in [3.63, 3.8) is 0 Å². The summed E-state index contributed by atoms with van der Waals surface area (Å²) >= 11 is 0. The number of nitrogens with zero attached hydrogens (tertiary/aromatic N) is 2. The number of rotatable bonds is 11. The number of hydrogen-bond donors (Lipinski definition) is 1. The molecule has 1 aliphatic rings. The van der Waals surface area contributed by atoms with Crippen molar-refractivity contribution in [2.75, 3.05) is 10.8 Å². The molecular weight excluding hydrogens is 534 g/mol. The van der Waals surface area contributed by atoms with E-state index in [1.54, 1.807) is 37.3 Å². The van der Waals surface area contributed by atoms with Crippen LogP contribution in [0.1, 0.15) is 69.1 Å². The van der Waals surface area contributed by atoms with Crippen LogP contribution in [0.3, 0.4) is 0 Å². The van der Waals surface area contributed by atoms with Gasteiger partial charge in [-0.15, -0.1) is 0 Å². The first-order valence-corrected chi connectivity index (χ1v) is 15.8. The second-order valence-corrected chi connectivity index (χ2v) is 13.1. The molecule has 1 fully saturated rings. The Balaban J connectivity index is 1.68. The zero-order chi connectivity index (χ0) is 29.6. The van der Waals surface area contributed by atoms with Gasteiger partial charge in [-0.05, 0) is 68.0 Å². The number of amides is 2. The number of aryl methyl sites for hydroxylation is 1. The average Bonchev–Trinajstić information content (AvgIpc) is 3.48. The number of nitrogens with one attached hydrogen (secondary N) is 1. The third-order valence-electron chi connectivity index (χ3n) is 7.80. The average molecular weight is 576 g/mol. The van der Waals surface area contributed by atoms with Gasteiger partial charge in [-0.3, -0.25) is 13.9 Å². The molecule has 0 bridgehead atoms. The molecule has 218 valence electrons. The molecule has 3 aromatic rings. The second kappa shape index (κ2) is 13.3. The van der Waals surface area contributed by atoms with E-state index in [9.17, 15) is 18.0 Å². The first-order valence-electron chi connectivity index (χ1n) is 14.4. The van der Waals surface area contributed by atoms with Crippen molar-refractivity contribution in [2.45, 2.75) is 82.8 Å². The van der Waals surface area contributed by atoms with Crippen LogP contribution in [0.2, 0.25) is 0 Å². The van der Waals surface area contributed by atoms with E-state index in [2.05, 4.69) is 19.2 Å². The molecule has 1 unspecified atom stereocenters. The van der Waals surface area contributed by atoms with Gasteiger partial charge in [0, 0.05) is 12.6 Å². The highest BCUT2D eigenvalue weighted by atomic mass is 32.2. The second-order valence-electron chi connectivity index (χ2n) is 11.2. The number of sulfonamides is 1. The van der Waals surface area contributed by atoms with Gasteiger partial charge in [0.05, 0.1) is 10.6 Å². The Hall–Kier alpha value is -3.65. The third-order valence-corrected chi connectivity index (χ3v) is 9.59. The minimum atomic E-state index is -4.07. The predicted octanol–water partition coefficient (Wildman–Crippen LogP) is 5.79. The van der Waals surface area contributed by atoms with Crippen LogP contribution >= 0.6 is 0 Å². The molecule has 1 saturated carbocycles. The fourth-order valence-corrected chi connectivity index (χ4v) is 6.57. The molecule has 1 aliphatic carbocycles. The quantitative estimate of drug-likeness (QED) is 0.314. The lowest BCUT2D eigenvalue weighted by Gasteiger charge is -2.32. The minimum Gasteiger partial charge on any atom is -0.352 e. The molecule has 2 amide bonds. The Morgan fingerprint density at radius 2 is 1.49 bits per heavy atom. The molecule has 4 rings (SSSR count). The van der Waals surface area contributed by atoms with Gasteiger partial charge in [-0.25, -0.2) is 8.42 Å². The van der Waals surface area contributed by atoms with Crippen molar-refractivity contribution in [3.8, 4) is 0 Å². The molecular formula is C33H41N3O4S. The van der Waals surface area contributed by atoms with Crippen molar-refractivity contribution in [1.82, 2.24) is 10.2 Å². The summed E-state index contributed by atoms with van der Waals surface area (Å²) in [4.78, 5) is 29.0. The van der Waals surface area contributed by atoms with Crippen LogP contribution in [-0.2, 0) is 26.2 Å². The van der Waals surface area contributed by atoms with Gasteiger partial charge in [0.1, 0.15) is 12.6 Å². The maximum atomic E-state index is 14.1. The van der Waals surface area contributed by atoms with Gasteiger partial charge < -0.3 is 10.2 Å². The summed E-state index contributed by atoms with van der Waals surface area (Å²) in [5.41, 5.74) is 3.41. The van der Waals surface area contributed by atoms with Crippen LogP contribution in [0, 0.1) is 6.92 Å². The van der Waals surface area contributed by atoms with Crippen LogP contribution in [-0.4, -0.2) is 43.8 Å². The summed E-state index contributed by atoms with van der Waals surface area (Å²) in [6, 6.07) is 22.5. The monoisotopic (exact) mass is 575 g/mol. The third kappa shape index (κ3) is 7.55. The van der Waals surface area contributed by atoms with Gasteiger partial charge in [0.2, 0.25) is 11.8 Å². The lowest BCUT2D eigenvalue weighted by Crippen LogP contribution is -2.52. The molecule has 1 N–H and O–H groups in total. The van der Waals surface area contributed by atoms with Gasteiger partial charge >= 0.3 is 0 Å². The van der Waals surface area contributed by atoms with Crippen molar-refractivity contribution in [3.05, 3.63) is 95.6 Å². The molecule has 0 heterocycles. The summed E-state index contributed by atoms with van der Waals surface area (Å²) < 4.78 is 29.0. The Labute approximate surface area is 244 Å². The fraction of sp³-hybridized carbons (Fsp3) is 0.394. The lowest BCUT2D eigenvalue weighted by atomic mass is 10.0. The molecule has 0 aliphatic heterocycles. The van der Waals surface area contributed by atoms with E-state index in [0.717, 1.165) is 46.7 Å². The highest BCUT2D eigenvalue weighted by molar-refractivity contribution is 7.92. The first kappa shape index (κ1) is 30.3. The topological polar surface area (TPSA) is 86.8 Å². The molecule has 8 heteroatoms. The van der Waals surface area contributed by atoms with Crippen LogP contribution in [0.4, 0.5) is 5.69 Å². The standard InChI is InChI=1S/C33H41N3O4S/c1-24(2)28-18-20-30(21-19-28)36(41(39,40)31-12-6-5-7-13-31)23-32(37)35(22-27-16-14-25(3)15-17-27)26(4)33(38)34-29-10-8-9-11-29/h5-7,12-21,24,26,29H,8-11,22-23H2,1-4H3,(H,34,38). The van der Waals surface area contributed by atoms with E-state index in [1.165, 1.54) is 17.0 Å². The summed E-state index contributed by atoms with van der Waals surface area (Å²) in [5, 5.41) is 3.10. The Kier molecular flexibility index (Phi) is 9.86. The number of anilines is 1. The Bertz CT molecular complexity index is 1420. The van der Waals surface area contributed by atoms with Crippen LogP contribution in [0.5, 0.6) is 0 Å². The van der Waals surface area contributed by atoms with E-state index in [0.29, 0.717) is 5.69 Å². The molecule has 0 spiro atoms. The van der Waals surface area contributed by atoms with E-state index in [1.807, 2.05) is 43.3 Å². The van der Waals surface area contributed by atoms with Gasteiger partial charge in [-0.2, -0.15) is 0 Å². The van der Waals surface area contributed by atoms with Crippen molar-refractivity contribution < 1.29 is 18.0 Å². The number of benzene rings is 3. The van der Waals surface area contributed by atoms with E-state index in [4.69, 9.17) is 0 Å². The number of carbonyl (C=O) groups excluding carboxylic acids is 2. The summed E-state index contributed by atoms with van der Waals surface area (Å²) in [6.45, 7) is 7.58. The first-order chi connectivity index (χ1) is 19.6. The molecule has 41 heavy (non-hydrogen) atoms. The van der Waals surface area contributed by atoms with Crippen molar-refractivity contribution >= 4 is 27.5 Å². The largest absolute Gasteiger partial charge is 0.352 e. The zero-order valence-electron chi connectivity index (χ0n) is 24.4. The number of hydrogen-bond acceptors (Lipinski definition) is 4. The molecule has 0 radical (unpaired) electrons. The maximum Gasteiger partial charge on any atom is 0.264 e. The van der Waals surface area contributed by atoms with Crippen LogP contribution in [0.15, 0.2) is 83.8 Å². The number of carbonyl (C=O) groups is 2. The van der Waals surface area contributed by atoms with Crippen LogP contribution in [0.25, 0.3) is 0 Å². The molecule has 0 aromatic heterocycles. The van der Waals surface area contributed by atoms with Gasteiger partial charge in [0.25, 0.3) is 10.0 Å². The predicted molar refractivity (Wildman–Crippen MR) is 163 cm³/mol. The Morgan fingerprint density at radius 3 is 2.07 bits per heavy atom. The molecule has 1 atom stereocenters. The van der Waals surface area contributed by atoms with Crippen LogP contribution < -0.4 is 9.62 Å². The smallest absolute Gasteiger partial charge is 0.264 e. The van der Waals surface area contributed by atoms with Crippen molar-refractivity contribution in [2.24, 2.45) is 0 Å². The normalized spacial score (nSPS) is 14.6. The zero-order valence-corrected chi connectivity index (χ0v) is 25.2. The van der Waals surface area contributed by atoms with Crippen molar-refractivity contribution in [1.29, 1.82) is 0 Å². The SMILES string of the molecule is Cc1ccc(CN(C(=O)CN(c2ccc(C(C)C)cc2)S(=O)(=O)c2ccccc2)C(C)C(=O)NC2CCCC2)cc1. The summed E-state index contributed by atoms with van der Waals surface area (Å²) in [7, 11) is -4.07. The molecule has 7 nitrogen and oxygen atoms in total. The maximum absolute atomic E-state index is 14.1. The molecule has 0 saturated heterocycles.